The van der Waals surface area contributed by atoms with Gasteiger partial charge < -0.3 is 23.8 Å². The summed E-state index contributed by atoms with van der Waals surface area (Å²) in [7, 11) is 2.83. The molecule has 5 rings (SSSR count). The van der Waals surface area contributed by atoms with E-state index in [1.165, 1.54) is 31.6 Å². The van der Waals surface area contributed by atoms with Gasteiger partial charge in [0.05, 0.1) is 40.8 Å². The third-order valence-electron chi connectivity index (χ3n) is 8.53. The Kier molecular flexibility index (Phi) is 12.4. The molecular weight excluding hydrogens is 694 g/mol. The van der Waals surface area contributed by atoms with Crippen LogP contribution in [0.1, 0.15) is 68.6 Å². The number of anilines is 1. The smallest absolute Gasteiger partial charge is 0.337 e. The Morgan fingerprint density at radius 3 is 1.96 bits per heavy atom. The zero-order chi connectivity index (χ0) is 36.5. The van der Waals surface area contributed by atoms with Crippen molar-refractivity contribution < 1.29 is 42.9 Å². The second kappa shape index (κ2) is 17.1. The molecule has 0 saturated heterocycles. The lowest BCUT2D eigenvalue weighted by molar-refractivity contribution is -0.145. The maximum absolute atomic E-state index is 13.3. The summed E-state index contributed by atoms with van der Waals surface area (Å²) in [4.78, 5) is 65.9. The molecule has 10 nitrogen and oxygen atoms in total. The lowest BCUT2D eigenvalue weighted by atomic mass is 9.82. The fraction of sp³-hybridized carbons (Fsp3) is 0.256. The molecular formula is C39H36ClNO9S. The molecule has 0 bridgehead atoms. The van der Waals surface area contributed by atoms with Crippen LogP contribution in [0.4, 0.5) is 5.69 Å². The number of esters is 3. The quantitative estimate of drug-likeness (QED) is 0.0616. The van der Waals surface area contributed by atoms with Crippen LogP contribution in [-0.2, 0) is 14.3 Å². The van der Waals surface area contributed by atoms with Crippen molar-refractivity contribution in [3.05, 3.63) is 111 Å². The summed E-state index contributed by atoms with van der Waals surface area (Å²) in [5.41, 5.74) is 1.91. The number of methoxy groups -OCH3 is 2. The summed E-state index contributed by atoms with van der Waals surface area (Å²) < 4.78 is 22.0. The van der Waals surface area contributed by atoms with Crippen molar-refractivity contribution in [3.63, 3.8) is 0 Å². The molecule has 12 heteroatoms. The lowest BCUT2D eigenvalue weighted by Crippen LogP contribution is -2.31. The number of allylic oxidation sites excluding steroid dienone is 1. The van der Waals surface area contributed by atoms with E-state index >= 15 is 0 Å². The van der Waals surface area contributed by atoms with E-state index in [1.807, 2.05) is 6.92 Å². The Hall–Kier alpha value is -5.26. The van der Waals surface area contributed by atoms with Gasteiger partial charge >= 0.3 is 17.9 Å². The van der Waals surface area contributed by atoms with Crippen LogP contribution in [-0.4, -0.2) is 50.4 Å². The number of thiophene rings is 1. The molecule has 1 saturated carbocycles. The van der Waals surface area contributed by atoms with Gasteiger partial charge in [-0.25, -0.2) is 4.79 Å². The number of nitrogens with zero attached hydrogens (tertiary/aromatic N) is 1. The number of hydrogen-bond donors (Lipinski definition) is 0. The molecule has 51 heavy (non-hydrogen) atoms. The highest BCUT2D eigenvalue weighted by Gasteiger charge is 2.32. The third kappa shape index (κ3) is 9.30. The molecule has 0 spiro atoms. The molecule has 264 valence electrons. The maximum atomic E-state index is 13.3. The largest absolute Gasteiger partial charge is 0.497 e. The fourth-order valence-electron chi connectivity index (χ4n) is 5.69. The first-order chi connectivity index (χ1) is 24.6. The van der Waals surface area contributed by atoms with Gasteiger partial charge in [-0.3, -0.25) is 19.2 Å². The molecule has 3 aromatic carbocycles. The van der Waals surface area contributed by atoms with Gasteiger partial charge in [0.2, 0.25) is 0 Å². The SMILES string of the molecule is CCN(C(=O)c1ccc(OC(=O)C2CCC(C(=O)Oc3ccc(OC)cc3/C=C/C(=O)c3ccc(Cl)s3)CC2)cc1)c1ccc(C(=O)OC)cc1. The van der Waals surface area contributed by atoms with E-state index in [-0.39, 0.29) is 17.4 Å². The second-order valence-corrected chi connectivity index (χ2v) is 13.4. The molecule has 4 aromatic rings. The predicted molar refractivity (Wildman–Crippen MR) is 194 cm³/mol. The Morgan fingerprint density at radius 1 is 0.784 bits per heavy atom. The van der Waals surface area contributed by atoms with E-state index in [2.05, 4.69) is 0 Å². The van der Waals surface area contributed by atoms with Gasteiger partial charge in [-0.1, -0.05) is 11.6 Å². The summed E-state index contributed by atoms with van der Waals surface area (Å²) in [6.45, 7) is 2.24. The van der Waals surface area contributed by atoms with Gasteiger partial charge in [0.25, 0.3) is 5.91 Å². The van der Waals surface area contributed by atoms with Crippen LogP contribution < -0.4 is 19.1 Å². The van der Waals surface area contributed by atoms with Crippen LogP contribution in [0.25, 0.3) is 6.08 Å². The molecule has 1 amide bonds. The Labute approximate surface area is 304 Å². The predicted octanol–water partition coefficient (Wildman–Crippen LogP) is 8.08. The van der Waals surface area contributed by atoms with Crippen molar-refractivity contribution in [2.45, 2.75) is 32.6 Å². The molecule has 0 atom stereocenters. The number of carbonyl (C=O) groups is 5. The zero-order valence-electron chi connectivity index (χ0n) is 28.3. The van der Waals surface area contributed by atoms with Gasteiger partial charge in [-0.15, -0.1) is 11.3 Å². The summed E-state index contributed by atoms with van der Waals surface area (Å²) in [5.74, 6) is -1.43. The summed E-state index contributed by atoms with van der Waals surface area (Å²) in [5, 5.41) is 0. The van der Waals surface area contributed by atoms with Crippen LogP contribution in [0.2, 0.25) is 4.34 Å². The number of halogens is 1. The van der Waals surface area contributed by atoms with E-state index in [4.69, 9.17) is 30.5 Å². The van der Waals surface area contributed by atoms with E-state index < -0.39 is 29.7 Å². The van der Waals surface area contributed by atoms with Crippen LogP contribution >= 0.6 is 22.9 Å². The van der Waals surface area contributed by atoms with Crippen LogP contribution in [0, 0.1) is 11.8 Å². The highest BCUT2D eigenvalue weighted by molar-refractivity contribution is 7.18. The van der Waals surface area contributed by atoms with Crippen molar-refractivity contribution in [3.8, 4) is 17.2 Å². The molecule has 1 aliphatic rings. The Balaban J connectivity index is 1.14. The number of hydrogen-bond acceptors (Lipinski definition) is 10. The number of ether oxygens (including phenoxy) is 4. The molecule has 1 aliphatic carbocycles. The molecule has 0 radical (unpaired) electrons. The average Bonchev–Trinajstić information content (AvgIpc) is 3.61. The summed E-state index contributed by atoms with van der Waals surface area (Å²) >= 11 is 7.13. The number of carbonyl (C=O) groups excluding carboxylic acids is 5. The highest BCUT2D eigenvalue weighted by atomic mass is 35.5. The van der Waals surface area contributed by atoms with Crippen molar-refractivity contribution >= 4 is 64.3 Å². The number of amides is 1. The second-order valence-electron chi connectivity index (χ2n) is 11.7. The van der Waals surface area contributed by atoms with Gasteiger partial charge in [-0.05, 0) is 124 Å². The summed E-state index contributed by atoms with van der Waals surface area (Å²) in [6, 6.07) is 21.2. The number of benzene rings is 3. The van der Waals surface area contributed by atoms with Gasteiger partial charge in [0, 0.05) is 23.4 Å². The van der Waals surface area contributed by atoms with Crippen molar-refractivity contribution in [2.75, 3.05) is 25.7 Å². The van der Waals surface area contributed by atoms with Crippen LogP contribution in [0.15, 0.2) is 84.9 Å². The van der Waals surface area contributed by atoms with Gasteiger partial charge in [0.15, 0.2) is 5.78 Å². The van der Waals surface area contributed by atoms with Crippen molar-refractivity contribution in [1.82, 2.24) is 0 Å². The number of rotatable bonds is 12. The summed E-state index contributed by atoms with van der Waals surface area (Å²) in [6.07, 6.45) is 4.75. The fourth-order valence-corrected chi connectivity index (χ4v) is 6.65. The topological polar surface area (TPSA) is 126 Å². The molecule has 0 unspecified atom stereocenters. The van der Waals surface area contributed by atoms with Crippen LogP contribution in [0.5, 0.6) is 17.2 Å². The lowest BCUT2D eigenvalue weighted by Gasteiger charge is -2.26. The van der Waals surface area contributed by atoms with Gasteiger partial charge in [0.1, 0.15) is 17.2 Å². The minimum Gasteiger partial charge on any atom is -0.497 e. The number of ketones is 1. The average molecular weight is 730 g/mol. The van der Waals surface area contributed by atoms with Gasteiger partial charge in [-0.2, -0.15) is 0 Å². The van der Waals surface area contributed by atoms with Crippen LogP contribution in [0.3, 0.4) is 0 Å². The zero-order valence-corrected chi connectivity index (χ0v) is 29.8. The standard InChI is InChI=1S/C39H36ClNO9S/c1-4-41(29-14-9-25(10-15-29)37(44)48-3)36(43)24-11-16-30(17-12-24)49-38(45)26-5-7-27(8-6-26)39(46)50-33-20-18-31(47-2)23-28(33)13-19-32(42)34-21-22-35(40)51-34/h9-23,26-27H,4-8H2,1-3H3/b19-13+. The first-order valence-corrected chi connectivity index (χ1v) is 17.5. The molecule has 1 fully saturated rings. The molecule has 0 aliphatic heterocycles. The molecule has 1 heterocycles. The minimum absolute atomic E-state index is 0.231. The van der Waals surface area contributed by atoms with E-state index in [0.717, 1.165) is 0 Å². The van der Waals surface area contributed by atoms with E-state index in [0.29, 0.717) is 75.3 Å². The van der Waals surface area contributed by atoms with Crippen molar-refractivity contribution in [1.29, 1.82) is 0 Å². The first-order valence-electron chi connectivity index (χ1n) is 16.3. The third-order valence-corrected chi connectivity index (χ3v) is 9.78. The molecule has 0 N–H and O–H groups in total. The minimum atomic E-state index is -0.461. The van der Waals surface area contributed by atoms with E-state index in [9.17, 15) is 24.0 Å². The Morgan fingerprint density at radius 2 is 1.39 bits per heavy atom. The van der Waals surface area contributed by atoms with Crippen molar-refractivity contribution in [2.24, 2.45) is 11.8 Å². The highest BCUT2D eigenvalue weighted by Crippen LogP contribution is 2.33. The van der Waals surface area contributed by atoms with E-state index in [1.54, 1.807) is 89.8 Å². The first kappa shape index (κ1) is 37.0. The molecule has 1 aromatic heterocycles. The maximum Gasteiger partial charge on any atom is 0.337 e. The Bertz CT molecular complexity index is 1930. The monoisotopic (exact) mass is 729 g/mol. The normalized spacial score (nSPS) is 15.5.